The molecular formula is C7H13NO. The lowest BCUT2D eigenvalue weighted by Gasteiger charge is -1.97. The Morgan fingerprint density at radius 1 is 1.67 bits per heavy atom. The van der Waals surface area contributed by atoms with Gasteiger partial charge >= 0.3 is 0 Å². The monoisotopic (exact) mass is 127 g/mol. The number of hydrogen-bond acceptors (Lipinski definition) is 2. The van der Waals surface area contributed by atoms with Gasteiger partial charge in [-0.2, -0.15) is 4.91 Å². The summed E-state index contributed by atoms with van der Waals surface area (Å²) in [7, 11) is 0. The molecule has 0 saturated heterocycles. The van der Waals surface area contributed by atoms with Crippen LogP contribution in [0, 0.1) is 4.91 Å². The zero-order valence-electron chi connectivity index (χ0n) is 6.00. The van der Waals surface area contributed by atoms with Gasteiger partial charge in [0.25, 0.3) is 0 Å². The fourth-order valence-corrected chi connectivity index (χ4v) is 0.702. The zero-order valence-corrected chi connectivity index (χ0v) is 6.00. The Balaban J connectivity index is 3.53. The average Bonchev–Trinajstić information content (AvgIpc) is 1.88. The van der Waals surface area contributed by atoms with Crippen LogP contribution in [0.1, 0.15) is 26.7 Å². The number of allylic oxidation sites excluding steroid dienone is 1. The third-order valence-corrected chi connectivity index (χ3v) is 1.13. The summed E-state index contributed by atoms with van der Waals surface area (Å²) in [6.07, 6.45) is 5.58. The van der Waals surface area contributed by atoms with E-state index in [2.05, 4.69) is 5.18 Å². The van der Waals surface area contributed by atoms with Crippen LogP contribution >= 0.6 is 0 Å². The van der Waals surface area contributed by atoms with Gasteiger partial charge in [0.1, 0.15) is 6.04 Å². The summed E-state index contributed by atoms with van der Waals surface area (Å²) >= 11 is 0. The second-order valence-corrected chi connectivity index (χ2v) is 1.99. The van der Waals surface area contributed by atoms with Gasteiger partial charge in [-0.15, -0.1) is 0 Å². The molecule has 0 rings (SSSR count). The lowest BCUT2D eigenvalue weighted by Crippen LogP contribution is -1.96. The highest BCUT2D eigenvalue weighted by Gasteiger charge is 1.98. The van der Waals surface area contributed by atoms with Crippen molar-refractivity contribution < 1.29 is 0 Å². The summed E-state index contributed by atoms with van der Waals surface area (Å²) in [6.45, 7) is 3.94. The minimum atomic E-state index is -0.0972. The van der Waals surface area contributed by atoms with E-state index in [9.17, 15) is 4.91 Å². The van der Waals surface area contributed by atoms with Crippen LogP contribution in [-0.4, -0.2) is 6.04 Å². The smallest absolute Gasteiger partial charge is 0.110 e. The van der Waals surface area contributed by atoms with Crippen molar-refractivity contribution in [3.8, 4) is 0 Å². The molecular weight excluding hydrogens is 114 g/mol. The Bertz CT molecular complexity index is 99.1. The van der Waals surface area contributed by atoms with Gasteiger partial charge in [-0.3, -0.25) is 0 Å². The summed E-state index contributed by atoms with van der Waals surface area (Å²) in [5.41, 5.74) is 0. The van der Waals surface area contributed by atoms with Crippen LogP contribution in [0.15, 0.2) is 17.3 Å². The zero-order chi connectivity index (χ0) is 7.11. The van der Waals surface area contributed by atoms with Gasteiger partial charge in [0.05, 0.1) is 0 Å². The molecule has 0 spiro atoms. The molecule has 0 aliphatic rings. The second kappa shape index (κ2) is 5.48. The van der Waals surface area contributed by atoms with Crippen molar-refractivity contribution in [1.29, 1.82) is 0 Å². The lowest BCUT2D eigenvalue weighted by molar-refractivity contribution is 0.700. The molecule has 0 radical (unpaired) electrons. The quantitative estimate of drug-likeness (QED) is 0.421. The third kappa shape index (κ3) is 3.88. The number of hydrogen-bond donors (Lipinski definition) is 0. The molecule has 1 unspecified atom stereocenters. The van der Waals surface area contributed by atoms with Crippen molar-refractivity contribution in [3.63, 3.8) is 0 Å². The number of nitrogens with zero attached hydrogens (tertiary/aromatic N) is 1. The maximum Gasteiger partial charge on any atom is 0.110 e. The van der Waals surface area contributed by atoms with Gasteiger partial charge in [-0.25, -0.2) is 0 Å². The van der Waals surface area contributed by atoms with Crippen LogP contribution in [0.4, 0.5) is 0 Å². The van der Waals surface area contributed by atoms with E-state index in [4.69, 9.17) is 0 Å². The van der Waals surface area contributed by atoms with E-state index in [-0.39, 0.29) is 6.04 Å². The van der Waals surface area contributed by atoms with E-state index in [0.717, 1.165) is 12.8 Å². The minimum absolute atomic E-state index is 0.0972. The van der Waals surface area contributed by atoms with Crippen LogP contribution in [0.25, 0.3) is 0 Å². The van der Waals surface area contributed by atoms with E-state index in [1.165, 1.54) is 0 Å². The minimum Gasteiger partial charge on any atom is -0.150 e. The highest BCUT2D eigenvalue weighted by molar-refractivity contribution is 4.90. The van der Waals surface area contributed by atoms with Crippen molar-refractivity contribution in [1.82, 2.24) is 0 Å². The normalized spacial score (nSPS) is 14.0. The molecule has 52 valence electrons. The summed E-state index contributed by atoms with van der Waals surface area (Å²) in [6, 6.07) is -0.0972. The Labute approximate surface area is 55.9 Å². The molecule has 0 aromatic rings. The van der Waals surface area contributed by atoms with E-state index >= 15 is 0 Å². The maximum absolute atomic E-state index is 9.98. The number of nitroso groups, excluding NO2 is 1. The van der Waals surface area contributed by atoms with E-state index in [0.29, 0.717) is 0 Å². The molecule has 9 heavy (non-hydrogen) atoms. The topological polar surface area (TPSA) is 29.4 Å². The summed E-state index contributed by atoms with van der Waals surface area (Å²) in [4.78, 5) is 9.98. The van der Waals surface area contributed by atoms with Crippen LogP contribution in [0.3, 0.4) is 0 Å². The third-order valence-electron chi connectivity index (χ3n) is 1.13. The molecule has 0 saturated carbocycles. The lowest BCUT2D eigenvalue weighted by atomic mass is 10.2. The van der Waals surface area contributed by atoms with Crippen LogP contribution in [0.2, 0.25) is 0 Å². The molecule has 0 amide bonds. The Morgan fingerprint density at radius 2 is 2.33 bits per heavy atom. The highest BCUT2D eigenvalue weighted by atomic mass is 16.3. The standard InChI is InChI=1S/C7H13NO/c1-3-5-7(8-9)6-4-2/h3,5,7H,4,6H2,1-2H3/b5-3+. The van der Waals surface area contributed by atoms with Gasteiger partial charge in [0.2, 0.25) is 0 Å². The molecule has 0 bridgehead atoms. The van der Waals surface area contributed by atoms with Crippen LogP contribution in [0.5, 0.6) is 0 Å². The molecule has 0 aliphatic carbocycles. The average molecular weight is 127 g/mol. The van der Waals surface area contributed by atoms with Crippen molar-refractivity contribution in [2.24, 2.45) is 5.18 Å². The first-order valence-electron chi connectivity index (χ1n) is 3.30. The van der Waals surface area contributed by atoms with Crippen LogP contribution in [-0.2, 0) is 0 Å². The Morgan fingerprint density at radius 3 is 2.67 bits per heavy atom. The van der Waals surface area contributed by atoms with Gasteiger partial charge in [-0.1, -0.05) is 30.7 Å². The summed E-state index contributed by atoms with van der Waals surface area (Å²) in [5.74, 6) is 0. The fraction of sp³-hybridized carbons (Fsp3) is 0.714. The molecule has 0 aliphatic heterocycles. The molecule has 0 aromatic carbocycles. The first-order valence-corrected chi connectivity index (χ1v) is 3.30. The SMILES string of the molecule is C/C=C/C(CCC)N=O. The van der Waals surface area contributed by atoms with Crippen molar-refractivity contribution >= 4 is 0 Å². The van der Waals surface area contributed by atoms with Gasteiger partial charge in [0, 0.05) is 0 Å². The van der Waals surface area contributed by atoms with Crippen LogP contribution < -0.4 is 0 Å². The van der Waals surface area contributed by atoms with Crippen molar-refractivity contribution in [2.75, 3.05) is 0 Å². The van der Waals surface area contributed by atoms with E-state index in [1.54, 1.807) is 0 Å². The van der Waals surface area contributed by atoms with E-state index < -0.39 is 0 Å². The second-order valence-electron chi connectivity index (χ2n) is 1.99. The largest absolute Gasteiger partial charge is 0.150 e. The molecule has 0 fully saturated rings. The predicted octanol–water partition coefficient (Wildman–Crippen LogP) is 2.50. The molecule has 0 N–H and O–H groups in total. The molecule has 1 atom stereocenters. The Kier molecular flexibility index (Phi) is 5.07. The first-order chi connectivity index (χ1) is 4.35. The van der Waals surface area contributed by atoms with Crippen molar-refractivity contribution in [2.45, 2.75) is 32.7 Å². The maximum atomic E-state index is 9.98. The fourth-order valence-electron chi connectivity index (χ4n) is 0.702. The van der Waals surface area contributed by atoms with Crippen molar-refractivity contribution in [3.05, 3.63) is 17.1 Å². The summed E-state index contributed by atoms with van der Waals surface area (Å²) in [5, 5.41) is 2.93. The van der Waals surface area contributed by atoms with E-state index in [1.807, 2.05) is 26.0 Å². The molecule has 2 heteroatoms. The highest BCUT2D eigenvalue weighted by Crippen LogP contribution is 2.01. The summed E-state index contributed by atoms with van der Waals surface area (Å²) < 4.78 is 0. The van der Waals surface area contributed by atoms with Gasteiger partial charge < -0.3 is 0 Å². The predicted molar refractivity (Wildman–Crippen MR) is 39.3 cm³/mol. The molecule has 0 aromatic heterocycles. The Hall–Kier alpha value is -0.660. The van der Waals surface area contributed by atoms with Gasteiger partial charge in [-0.05, 0) is 13.3 Å². The first kappa shape index (κ1) is 8.34. The van der Waals surface area contributed by atoms with Gasteiger partial charge in [0.15, 0.2) is 0 Å². The molecule has 2 nitrogen and oxygen atoms in total. The number of rotatable bonds is 4. The molecule has 0 heterocycles.